The molecule has 7 nitrogen and oxygen atoms in total. The third-order valence-electron chi connectivity index (χ3n) is 4.50. The van der Waals surface area contributed by atoms with Crippen molar-refractivity contribution >= 4 is 15.9 Å². The number of rotatable bonds is 4. The van der Waals surface area contributed by atoms with Gasteiger partial charge in [0.1, 0.15) is 22.6 Å². The highest BCUT2D eigenvalue weighted by Gasteiger charge is 2.35. The lowest BCUT2D eigenvalue weighted by Gasteiger charge is -2.35. The van der Waals surface area contributed by atoms with Gasteiger partial charge >= 0.3 is 0 Å². The molecular formula is C16H21FN2O5S. The summed E-state index contributed by atoms with van der Waals surface area (Å²) < 4.78 is 50.8. The highest BCUT2D eigenvalue weighted by atomic mass is 32.2. The van der Waals surface area contributed by atoms with Gasteiger partial charge in [0.05, 0.1) is 7.11 Å². The number of carbonyl (C=O) groups excluding carboxylic acids is 1. The average Bonchev–Trinajstić information content (AvgIpc) is 3.16. The van der Waals surface area contributed by atoms with Gasteiger partial charge in [-0.05, 0) is 31.0 Å². The number of methoxy groups -OCH3 is 1. The molecule has 138 valence electrons. The highest BCUT2D eigenvalue weighted by Crippen LogP contribution is 2.28. The summed E-state index contributed by atoms with van der Waals surface area (Å²) in [6.45, 7) is 1.47. The van der Waals surface area contributed by atoms with Crippen LogP contribution in [0.15, 0.2) is 23.1 Å². The quantitative estimate of drug-likeness (QED) is 0.783. The number of hydrogen-bond donors (Lipinski definition) is 0. The molecule has 1 aromatic rings. The predicted molar refractivity (Wildman–Crippen MR) is 87.3 cm³/mol. The number of sulfonamides is 1. The molecule has 2 fully saturated rings. The zero-order valence-corrected chi connectivity index (χ0v) is 14.8. The van der Waals surface area contributed by atoms with Gasteiger partial charge in [-0.15, -0.1) is 0 Å². The summed E-state index contributed by atoms with van der Waals surface area (Å²) in [7, 11) is -2.56. The first-order valence-corrected chi connectivity index (χ1v) is 9.61. The Bertz CT molecular complexity index is 741. The van der Waals surface area contributed by atoms with Gasteiger partial charge in [-0.1, -0.05) is 0 Å². The first kappa shape index (κ1) is 18.1. The third-order valence-corrected chi connectivity index (χ3v) is 6.42. The van der Waals surface area contributed by atoms with Gasteiger partial charge in [0.25, 0.3) is 5.91 Å². The predicted octanol–water partition coefficient (Wildman–Crippen LogP) is 0.846. The van der Waals surface area contributed by atoms with E-state index in [2.05, 4.69) is 0 Å². The van der Waals surface area contributed by atoms with Crippen LogP contribution in [0, 0.1) is 5.82 Å². The molecule has 9 heteroatoms. The van der Waals surface area contributed by atoms with Gasteiger partial charge in [-0.25, -0.2) is 12.8 Å². The summed E-state index contributed by atoms with van der Waals surface area (Å²) in [6.07, 6.45) is 1.16. The van der Waals surface area contributed by atoms with Crippen LogP contribution in [0.1, 0.15) is 12.8 Å². The normalized spacial score (nSPS) is 22.2. The van der Waals surface area contributed by atoms with Crippen LogP contribution < -0.4 is 4.74 Å². The monoisotopic (exact) mass is 372 g/mol. The second kappa shape index (κ2) is 7.27. The van der Waals surface area contributed by atoms with E-state index >= 15 is 0 Å². The van der Waals surface area contributed by atoms with E-state index in [4.69, 9.17) is 9.47 Å². The number of hydrogen-bond acceptors (Lipinski definition) is 5. The fraction of sp³-hybridized carbons (Fsp3) is 0.562. The molecule has 0 saturated carbocycles. The van der Waals surface area contributed by atoms with Gasteiger partial charge in [0.2, 0.25) is 10.0 Å². The zero-order chi connectivity index (χ0) is 18.0. The molecule has 0 aromatic heterocycles. The Balaban J connectivity index is 1.71. The molecule has 0 spiro atoms. The minimum absolute atomic E-state index is 0.0853. The van der Waals surface area contributed by atoms with E-state index in [1.54, 1.807) is 4.90 Å². The van der Waals surface area contributed by atoms with Gasteiger partial charge < -0.3 is 14.4 Å². The lowest BCUT2D eigenvalue weighted by Crippen LogP contribution is -2.52. The van der Waals surface area contributed by atoms with Crippen molar-refractivity contribution in [2.75, 3.05) is 39.9 Å². The van der Waals surface area contributed by atoms with Gasteiger partial charge in [0, 0.05) is 32.8 Å². The second-order valence-corrected chi connectivity index (χ2v) is 7.93. The second-order valence-electron chi connectivity index (χ2n) is 6.03. The van der Waals surface area contributed by atoms with E-state index in [0.29, 0.717) is 13.0 Å². The van der Waals surface area contributed by atoms with Crippen LogP contribution >= 0.6 is 0 Å². The minimum Gasteiger partial charge on any atom is -0.495 e. The summed E-state index contributed by atoms with van der Waals surface area (Å²) in [5, 5.41) is 0. The van der Waals surface area contributed by atoms with E-state index in [9.17, 15) is 17.6 Å². The number of amides is 1. The van der Waals surface area contributed by atoms with Crippen molar-refractivity contribution in [3.8, 4) is 5.75 Å². The Morgan fingerprint density at radius 1 is 1.28 bits per heavy atom. The molecule has 1 unspecified atom stereocenters. The third kappa shape index (κ3) is 3.63. The van der Waals surface area contributed by atoms with Gasteiger partial charge in [0.15, 0.2) is 0 Å². The summed E-state index contributed by atoms with van der Waals surface area (Å²) in [5.41, 5.74) is 0. The van der Waals surface area contributed by atoms with Crippen molar-refractivity contribution < 1.29 is 27.1 Å². The molecule has 3 rings (SSSR count). The Hall–Kier alpha value is -1.71. The van der Waals surface area contributed by atoms with Crippen LogP contribution in [0.25, 0.3) is 0 Å². The van der Waals surface area contributed by atoms with Crippen molar-refractivity contribution in [3.63, 3.8) is 0 Å². The number of nitrogens with zero attached hydrogens (tertiary/aromatic N) is 2. The van der Waals surface area contributed by atoms with Gasteiger partial charge in [-0.3, -0.25) is 4.79 Å². The fourth-order valence-corrected chi connectivity index (χ4v) is 4.71. The summed E-state index contributed by atoms with van der Waals surface area (Å²) in [6, 6.07) is 3.40. The average molecular weight is 372 g/mol. The van der Waals surface area contributed by atoms with E-state index < -0.39 is 21.9 Å². The Kier molecular flexibility index (Phi) is 5.26. The molecule has 2 heterocycles. The lowest BCUT2D eigenvalue weighted by molar-refractivity contribution is -0.142. The van der Waals surface area contributed by atoms with E-state index in [1.807, 2.05) is 0 Å². The molecule has 2 saturated heterocycles. The maximum atomic E-state index is 13.5. The molecule has 2 aliphatic heterocycles. The summed E-state index contributed by atoms with van der Waals surface area (Å²) in [4.78, 5) is 13.8. The fourth-order valence-electron chi connectivity index (χ4n) is 3.12. The first-order chi connectivity index (χ1) is 11.9. The van der Waals surface area contributed by atoms with Crippen LogP contribution in [0.2, 0.25) is 0 Å². The van der Waals surface area contributed by atoms with E-state index in [0.717, 1.165) is 18.6 Å². The molecule has 2 aliphatic rings. The van der Waals surface area contributed by atoms with Crippen LogP contribution in [0.4, 0.5) is 4.39 Å². The number of halogens is 1. The van der Waals surface area contributed by atoms with Crippen molar-refractivity contribution in [1.82, 2.24) is 9.21 Å². The summed E-state index contributed by atoms with van der Waals surface area (Å²) >= 11 is 0. The standard InChI is InChI=1S/C16H21FN2O5S/c1-23-13-5-4-12(17)11-15(13)25(21,22)19-8-6-18(7-9-19)16(20)14-3-2-10-24-14/h4-5,11,14H,2-3,6-10H2,1H3. The molecule has 1 aromatic carbocycles. The van der Waals surface area contributed by atoms with Gasteiger partial charge in [-0.2, -0.15) is 4.31 Å². The van der Waals surface area contributed by atoms with Crippen molar-refractivity contribution in [2.24, 2.45) is 0 Å². The van der Waals surface area contributed by atoms with Crippen LogP contribution in [0.3, 0.4) is 0 Å². The van der Waals surface area contributed by atoms with Crippen LogP contribution in [-0.4, -0.2) is 69.5 Å². The Morgan fingerprint density at radius 2 is 2.00 bits per heavy atom. The number of benzene rings is 1. The first-order valence-electron chi connectivity index (χ1n) is 8.17. The SMILES string of the molecule is COc1ccc(F)cc1S(=O)(=O)N1CCN(C(=O)C2CCCO2)CC1. The molecular weight excluding hydrogens is 351 g/mol. The van der Waals surface area contributed by atoms with Crippen LogP contribution in [-0.2, 0) is 19.6 Å². The smallest absolute Gasteiger partial charge is 0.251 e. The topological polar surface area (TPSA) is 76.2 Å². The number of carbonyl (C=O) groups is 1. The molecule has 1 atom stereocenters. The van der Waals surface area contributed by atoms with Crippen LogP contribution in [0.5, 0.6) is 5.75 Å². The van der Waals surface area contributed by atoms with E-state index in [1.165, 1.54) is 17.5 Å². The van der Waals surface area contributed by atoms with E-state index in [-0.39, 0.29) is 42.7 Å². The minimum atomic E-state index is -3.90. The number of ether oxygens (including phenoxy) is 2. The Morgan fingerprint density at radius 3 is 2.60 bits per heavy atom. The largest absolute Gasteiger partial charge is 0.495 e. The summed E-state index contributed by atoms with van der Waals surface area (Å²) in [5.74, 6) is -0.635. The molecule has 1 amide bonds. The van der Waals surface area contributed by atoms with Crippen molar-refractivity contribution in [3.05, 3.63) is 24.0 Å². The maximum absolute atomic E-state index is 13.5. The van der Waals surface area contributed by atoms with Crippen molar-refractivity contribution in [1.29, 1.82) is 0 Å². The maximum Gasteiger partial charge on any atom is 0.251 e. The number of piperazine rings is 1. The Labute approximate surface area is 146 Å². The highest BCUT2D eigenvalue weighted by molar-refractivity contribution is 7.89. The zero-order valence-electron chi connectivity index (χ0n) is 14.0. The molecule has 25 heavy (non-hydrogen) atoms. The molecule has 0 N–H and O–H groups in total. The molecule has 0 aliphatic carbocycles. The molecule has 0 radical (unpaired) electrons. The van der Waals surface area contributed by atoms with Crippen molar-refractivity contribution in [2.45, 2.75) is 23.8 Å². The lowest BCUT2D eigenvalue weighted by atomic mass is 10.2. The molecule has 0 bridgehead atoms.